The molecule has 4 nitrogen and oxygen atoms in total. The van der Waals surface area contributed by atoms with Gasteiger partial charge in [-0.25, -0.2) is 0 Å². The number of carbonyl (C=O) groups is 1. The number of hydrogen-bond donors (Lipinski definition) is 2. The third kappa shape index (κ3) is 4.70. The van der Waals surface area contributed by atoms with Gasteiger partial charge in [0.2, 0.25) is 0 Å². The zero-order valence-corrected chi connectivity index (χ0v) is 15.2. The Bertz CT molecular complexity index is 689. The average molecular weight is 398 g/mol. The number of nitrogens with one attached hydrogen (secondary N) is 1. The van der Waals surface area contributed by atoms with Gasteiger partial charge < -0.3 is 15.3 Å². The first-order valence-corrected chi connectivity index (χ1v) is 8.24. The quantitative estimate of drug-likeness (QED) is 0.810. The molecule has 0 aromatic heterocycles. The van der Waals surface area contributed by atoms with E-state index in [-0.39, 0.29) is 12.5 Å². The van der Waals surface area contributed by atoms with Crippen LogP contribution in [-0.4, -0.2) is 31.7 Å². The van der Waals surface area contributed by atoms with E-state index >= 15 is 0 Å². The van der Waals surface area contributed by atoms with E-state index in [2.05, 4.69) is 21.2 Å². The Labute approximate surface area is 149 Å². The maximum atomic E-state index is 12.2. The van der Waals surface area contributed by atoms with Crippen molar-refractivity contribution in [1.82, 2.24) is 5.32 Å². The highest BCUT2D eigenvalue weighted by Crippen LogP contribution is 2.21. The van der Waals surface area contributed by atoms with Gasteiger partial charge in [0.15, 0.2) is 0 Å². The molecule has 2 rings (SSSR count). The molecule has 0 heterocycles. The van der Waals surface area contributed by atoms with Gasteiger partial charge >= 0.3 is 0 Å². The lowest BCUT2D eigenvalue weighted by Crippen LogP contribution is -2.28. The zero-order valence-electron chi connectivity index (χ0n) is 12.9. The van der Waals surface area contributed by atoms with Crippen LogP contribution in [0.15, 0.2) is 46.9 Å². The number of amides is 1. The number of nitrogens with zero attached hydrogens (tertiary/aromatic N) is 1. The second-order valence-electron chi connectivity index (χ2n) is 5.34. The highest BCUT2D eigenvalue weighted by atomic mass is 79.9. The monoisotopic (exact) mass is 396 g/mol. The summed E-state index contributed by atoms with van der Waals surface area (Å²) in [6, 6.07) is 12.6. The molecular weight excluding hydrogens is 380 g/mol. The third-order valence-electron chi connectivity index (χ3n) is 3.42. The molecule has 6 heteroatoms. The Balaban J connectivity index is 1.99. The van der Waals surface area contributed by atoms with Crippen LogP contribution in [0.5, 0.6) is 0 Å². The molecule has 0 radical (unpaired) electrons. The predicted molar refractivity (Wildman–Crippen MR) is 97.2 cm³/mol. The number of anilines is 1. The van der Waals surface area contributed by atoms with Crippen LogP contribution < -0.4 is 10.2 Å². The summed E-state index contributed by atoms with van der Waals surface area (Å²) in [5, 5.41) is 13.3. The summed E-state index contributed by atoms with van der Waals surface area (Å²) >= 11 is 9.33. The van der Waals surface area contributed by atoms with Gasteiger partial charge in [-0.05, 0) is 35.9 Å². The minimum absolute atomic E-state index is 0.114. The molecule has 23 heavy (non-hydrogen) atoms. The lowest BCUT2D eigenvalue weighted by molar-refractivity contribution is 0.0916. The van der Waals surface area contributed by atoms with E-state index in [1.54, 1.807) is 18.2 Å². The SMILES string of the molecule is CN(C)c1ccc(C(O)CNC(=O)c2cc(Br)ccc2Cl)cc1. The normalized spacial score (nSPS) is 11.9. The van der Waals surface area contributed by atoms with Crippen molar-refractivity contribution in [2.24, 2.45) is 0 Å². The number of hydrogen-bond acceptors (Lipinski definition) is 3. The molecule has 122 valence electrons. The van der Waals surface area contributed by atoms with Crippen molar-refractivity contribution in [1.29, 1.82) is 0 Å². The Hall–Kier alpha value is -1.56. The largest absolute Gasteiger partial charge is 0.387 e. The second-order valence-corrected chi connectivity index (χ2v) is 6.66. The van der Waals surface area contributed by atoms with Gasteiger partial charge in [0, 0.05) is 30.8 Å². The Morgan fingerprint density at radius 2 is 1.91 bits per heavy atom. The fourth-order valence-corrected chi connectivity index (χ4v) is 2.63. The first kappa shape index (κ1) is 17.8. The Morgan fingerprint density at radius 3 is 2.52 bits per heavy atom. The van der Waals surface area contributed by atoms with Crippen molar-refractivity contribution in [2.45, 2.75) is 6.10 Å². The zero-order chi connectivity index (χ0) is 17.0. The van der Waals surface area contributed by atoms with Crippen molar-refractivity contribution in [3.63, 3.8) is 0 Å². The summed E-state index contributed by atoms with van der Waals surface area (Å²) in [6.45, 7) is 0.114. The molecule has 0 spiro atoms. The number of benzene rings is 2. The van der Waals surface area contributed by atoms with Gasteiger partial charge in [0.25, 0.3) is 5.91 Å². The van der Waals surface area contributed by atoms with Crippen LogP contribution in [0.2, 0.25) is 5.02 Å². The van der Waals surface area contributed by atoms with E-state index in [0.29, 0.717) is 10.6 Å². The number of carbonyl (C=O) groups excluding carboxylic acids is 1. The molecule has 1 atom stereocenters. The van der Waals surface area contributed by atoms with Gasteiger partial charge in [-0.2, -0.15) is 0 Å². The minimum Gasteiger partial charge on any atom is -0.387 e. The van der Waals surface area contributed by atoms with Crippen LogP contribution in [-0.2, 0) is 0 Å². The lowest BCUT2D eigenvalue weighted by Gasteiger charge is -2.16. The molecule has 2 aromatic rings. The summed E-state index contributed by atoms with van der Waals surface area (Å²) in [5.41, 5.74) is 2.17. The van der Waals surface area contributed by atoms with E-state index in [0.717, 1.165) is 15.7 Å². The first-order valence-electron chi connectivity index (χ1n) is 7.07. The van der Waals surface area contributed by atoms with Gasteiger partial charge in [-0.3, -0.25) is 4.79 Å². The van der Waals surface area contributed by atoms with Crippen molar-refractivity contribution >= 4 is 39.1 Å². The van der Waals surface area contributed by atoms with E-state index in [9.17, 15) is 9.90 Å². The summed E-state index contributed by atoms with van der Waals surface area (Å²) < 4.78 is 0.770. The number of rotatable bonds is 5. The summed E-state index contributed by atoms with van der Waals surface area (Å²) in [7, 11) is 3.90. The van der Waals surface area contributed by atoms with E-state index in [4.69, 9.17) is 11.6 Å². The molecule has 2 aromatic carbocycles. The number of aliphatic hydroxyl groups excluding tert-OH is 1. The molecule has 0 aliphatic heterocycles. The van der Waals surface area contributed by atoms with Crippen molar-refractivity contribution in [2.75, 3.05) is 25.5 Å². The molecule has 0 bridgehead atoms. The molecule has 2 N–H and O–H groups in total. The van der Waals surface area contributed by atoms with Crippen LogP contribution in [0.1, 0.15) is 22.0 Å². The van der Waals surface area contributed by atoms with Gasteiger partial charge in [0.1, 0.15) is 0 Å². The Morgan fingerprint density at radius 1 is 1.26 bits per heavy atom. The molecule has 0 aliphatic rings. The highest BCUT2D eigenvalue weighted by molar-refractivity contribution is 9.10. The fourth-order valence-electron chi connectivity index (χ4n) is 2.07. The lowest BCUT2D eigenvalue weighted by atomic mass is 10.1. The second kappa shape index (κ2) is 7.81. The van der Waals surface area contributed by atoms with E-state index in [1.165, 1.54) is 0 Å². The molecule has 1 unspecified atom stereocenters. The van der Waals surface area contributed by atoms with Crippen LogP contribution in [0.25, 0.3) is 0 Å². The molecule has 0 aliphatic carbocycles. The topological polar surface area (TPSA) is 52.6 Å². The Kier molecular flexibility index (Phi) is 6.04. The third-order valence-corrected chi connectivity index (χ3v) is 4.25. The van der Waals surface area contributed by atoms with E-state index < -0.39 is 6.10 Å². The van der Waals surface area contributed by atoms with Crippen LogP contribution >= 0.6 is 27.5 Å². The summed E-state index contributed by atoms with van der Waals surface area (Å²) in [4.78, 5) is 14.1. The standard InChI is InChI=1S/C17H18BrClN2O2/c1-21(2)13-6-3-11(4-7-13)16(22)10-20-17(23)14-9-12(18)5-8-15(14)19/h3-9,16,22H,10H2,1-2H3,(H,20,23). The smallest absolute Gasteiger partial charge is 0.252 e. The fraction of sp³-hybridized carbons (Fsp3) is 0.235. The van der Waals surface area contributed by atoms with E-state index in [1.807, 2.05) is 43.3 Å². The number of halogens is 2. The first-order chi connectivity index (χ1) is 10.9. The summed E-state index contributed by atoms with van der Waals surface area (Å²) in [5.74, 6) is -0.319. The van der Waals surface area contributed by atoms with Crippen LogP contribution in [0, 0.1) is 0 Å². The predicted octanol–water partition coefficient (Wildman–Crippen LogP) is 3.63. The maximum absolute atomic E-state index is 12.2. The summed E-state index contributed by atoms with van der Waals surface area (Å²) in [6.07, 6.45) is -0.777. The molecule has 0 saturated carbocycles. The average Bonchev–Trinajstić information content (AvgIpc) is 2.54. The molecular formula is C17H18BrClN2O2. The maximum Gasteiger partial charge on any atom is 0.252 e. The van der Waals surface area contributed by atoms with Crippen molar-refractivity contribution in [3.8, 4) is 0 Å². The molecule has 0 saturated heterocycles. The highest BCUT2D eigenvalue weighted by Gasteiger charge is 2.14. The van der Waals surface area contributed by atoms with Crippen LogP contribution in [0.3, 0.4) is 0 Å². The van der Waals surface area contributed by atoms with Gasteiger partial charge in [-0.15, -0.1) is 0 Å². The molecule has 0 fully saturated rings. The van der Waals surface area contributed by atoms with Gasteiger partial charge in [0.05, 0.1) is 16.7 Å². The number of aliphatic hydroxyl groups is 1. The molecule has 1 amide bonds. The minimum atomic E-state index is -0.777. The van der Waals surface area contributed by atoms with Gasteiger partial charge in [-0.1, -0.05) is 39.7 Å². The van der Waals surface area contributed by atoms with Crippen molar-refractivity contribution in [3.05, 3.63) is 63.1 Å². The van der Waals surface area contributed by atoms with Crippen molar-refractivity contribution < 1.29 is 9.90 Å². The van der Waals surface area contributed by atoms with Crippen LogP contribution in [0.4, 0.5) is 5.69 Å².